The number of anilines is 2. The molecule has 1 unspecified atom stereocenters. The number of ether oxygens (including phenoxy) is 1. The highest BCUT2D eigenvalue weighted by Gasteiger charge is 2.22. The largest absolute Gasteiger partial charge is 0.480 e. The lowest BCUT2D eigenvalue weighted by atomic mass is 10.1. The van der Waals surface area contributed by atoms with Gasteiger partial charge in [-0.2, -0.15) is 4.98 Å². The maximum absolute atomic E-state index is 11.2. The Balaban J connectivity index is 2.01. The van der Waals surface area contributed by atoms with Crippen molar-refractivity contribution in [3.63, 3.8) is 0 Å². The molecule has 2 atom stereocenters. The van der Waals surface area contributed by atoms with Gasteiger partial charge >= 0.3 is 5.97 Å². The van der Waals surface area contributed by atoms with Crippen molar-refractivity contribution in [1.29, 1.82) is 0 Å². The third-order valence-corrected chi connectivity index (χ3v) is 3.39. The minimum absolute atomic E-state index is 0.0607. The average Bonchev–Trinajstić information content (AvgIpc) is 2.45. The van der Waals surface area contributed by atoms with Crippen LogP contribution < -0.4 is 10.6 Å². The maximum Gasteiger partial charge on any atom is 0.326 e. The molecule has 0 bridgehead atoms. The van der Waals surface area contributed by atoms with E-state index in [0.29, 0.717) is 18.4 Å². The molecule has 7 heteroatoms. The molecule has 1 aliphatic rings. The maximum atomic E-state index is 11.2. The molecule has 1 aromatic rings. The Kier molecular flexibility index (Phi) is 5.32. The van der Waals surface area contributed by atoms with Crippen molar-refractivity contribution >= 4 is 17.7 Å². The fourth-order valence-electron chi connectivity index (χ4n) is 2.22. The Morgan fingerprint density at radius 2 is 2.33 bits per heavy atom. The summed E-state index contributed by atoms with van der Waals surface area (Å²) in [5.41, 5.74) is 0. The molecule has 2 rings (SSSR count). The molecule has 1 aromatic heterocycles. The van der Waals surface area contributed by atoms with Gasteiger partial charge in [-0.05, 0) is 24.8 Å². The van der Waals surface area contributed by atoms with Gasteiger partial charge in [0.05, 0.1) is 12.6 Å². The molecule has 116 valence electrons. The average molecular weight is 294 g/mol. The molecule has 0 aromatic carbocycles. The Morgan fingerprint density at radius 1 is 1.52 bits per heavy atom. The molecule has 21 heavy (non-hydrogen) atoms. The van der Waals surface area contributed by atoms with Crippen molar-refractivity contribution < 1.29 is 14.6 Å². The molecule has 0 saturated carbocycles. The van der Waals surface area contributed by atoms with Crippen LogP contribution in [0, 0.1) is 5.92 Å². The van der Waals surface area contributed by atoms with Crippen LogP contribution in [0.1, 0.15) is 26.7 Å². The second kappa shape index (κ2) is 7.21. The van der Waals surface area contributed by atoms with Crippen LogP contribution in [0.15, 0.2) is 12.3 Å². The molecule has 2 heterocycles. The first kappa shape index (κ1) is 15.5. The van der Waals surface area contributed by atoms with E-state index in [1.165, 1.54) is 0 Å². The summed E-state index contributed by atoms with van der Waals surface area (Å²) in [6.07, 6.45) is 3.68. The van der Waals surface area contributed by atoms with Crippen LogP contribution >= 0.6 is 0 Å². The minimum atomic E-state index is -0.910. The number of hydrogen-bond acceptors (Lipinski definition) is 6. The van der Waals surface area contributed by atoms with Gasteiger partial charge in [0.25, 0.3) is 0 Å². The second-order valence-corrected chi connectivity index (χ2v) is 5.53. The van der Waals surface area contributed by atoms with Crippen molar-refractivity contribution in [2.75, 3.05) is 23.8 Å². The topological polar surface area (TPSA) is 96.4 Å². The Labute approximate surface area is 124 Å². The summed E-state index contributed by atoms with van der Waals surface area (Å²) in [5, 5.41) is 15.3. The van der Waals surface area contributed by atoms with Gasteiger partial charge in [0, 0.05) is 12.8 Å². The number of carboxylic acids is 1. The fourth-order valence-corrected chi connectivity index (χ4v) is 2.22. The van der Waals surface area contributed by atoms with E-state index >= 15 is 0 Å². The molecular formula is C14H22N4O3. The van der Waals surface area contributed by atoms with Gasteiger partial charge in [0.15, 0.2) is 0 Å². The van der Waals surface area contributed by atoms with E-state index in [1.807, 2.05) is 13.8 Å². The van der Waals surface area contributed by atoms with Crippen LogP contribution in [0.25, 0.3) is 0 Å². The van der Waals surface area contributed by atoms with Gasteiger partial charge in [-0.3, -0.25) is 0 Å². The number of nitrogens with one attached hydrogen (secondary N) is 2. The normalized spacial score (nSPS) is 20.0. The van der Waals surface area contributed by atoms with Gasteiger partial charge < -0.3 is 20.5 Å². The van der Waals surface area contributed by atoms with Crippen molar-refractivity contribution in [2.45, 2.75) is 38.8 Å². The number of carboxylic acid groups (broad SMARTS) is 1. The molecule has 3 N–H and O–H groups in total. The molecule has 0 aliphatic carbocycles. The number of hydrogen-bond donors (Lipinski definition) is 3. The third kappa shape index (κ3) is 4.56. The Morgan fingerprint density at radius 3 is 2.95 bits per heavy atom. The Bertz CT molecular complexity index is 475. The zero-order valence-corrected chi connectivity index (χ0v) is 12.4. The van der Waals surface area contributed by atoms with Crippen molar-refractivity contribution in [1.82, 2.24) is 9.97 Å². The van der Waals surface area contributed by atoms with Crippen LogP contribution in [0.4, 0.5) is 11.8 Å². The van der Waals surface area contributed by atoms with Gasteiger partial charge in [-0.15, -0.1) is 0 Å². The van der Waals surface area contributed by atoms with Crippen molar-refractivity contribution in [2.24, 2.45) is 5.92 Å². The summed E-state index contributed by atoms with van der Waals surface area (Å²) < 4.78 is 5.41. The van der Waals surface area contributed by atoms with E-state index in [0.717, 1.165) is 19.4 Å². The predicted octanol–water partition coefficient (Wildman–Crippen LogP) is 1.59. The van der Waals surface area contributed by atoms with E-state index in [2.05, 4.69) is 20.6 Å². The lowest BCUT2D eigenvalue weighted by Gasteiger charge is -2.24. The zero-order chi connectivity index (χ0) is 15.2. The van der Waals surface area contributed by atoms with E-state index in [9.17, 15) is 9.90 Å². The molecular weight excluding hydrogens is 272 g/mol. The molecule has 1 aliphatic heterocycles. The lowest BCUT2D eigenvalue weighted by molar-refractivity contribution is -0.138. The highest BCUT2D eigenvalue weighted by atomic mass is 16.5. The van der Waals surface area contributed by atoms with E-state index in [1.54, 1.807) is 12.3 Å². The minimum Gasteiger partial charge on any atom is -0.480 e. The molecule has 1 saturated heterocycles. The van der Waals surface area contributed by atoms with Gasteiger partial charge in [0.1, 0.15) is 11.9 Å². The summed E-state index contributed by atoms with van der Waals surface area (Å²) in [7, 11) is 0. The van der Waals surface area contributed by atoms with Gasteiger partial charge in [0.2, 0.25) is 5.95 Å². The number of carbonyl (C=O) groups is 1. The van der Waals surface area contributed by atoms with Crippen LogP contribution in [-0.4, -0.2) is 46.3 Å². The lowest BCUT2D eigenvalue weighted by Crippen LogP contribution is -2.35. The highest BCUT2D eigenvalue weighted by molar-refractivity contribution is 5.76. The van der Waals surface area contributed by atoms with Crippen LogP contribution in [0.2, 0.25) is 0 Å². The van der Waals surface area contributed by atoms with Crippen molar-refractivity contribution in [3.05, 3.63) is 12.3 Å². The summed E-state index contributed by atoms with van der Waals surface area (Å²) in [6.45, 7) is 5.15. The Hall–Kier alpha value is -1.89. The number of nitrogens with zero attached hydrogens (tertiary/aromatic N) is 2. The molecule has 0 amide bonds. The molecule has 1 fully saturated rings. The number of aromatic nitrogens is 2. The van der Waals surface area contributed by atoms with E-state index in [4.69, 9.17) is 4.74 Å². The first-order chi connectivity index (χ1) is 10.1. The van der Waals surface area contributed by atoms with Crippen LogP contribution in [-0.2, 0) is 9.53 Å². The summed E-state index contributed by atoms with van der Waals surface area (Å²) in [4.78, 5) is 19.6. The van der Waals surface area contributed by atoms with Gasteiger partial charge in [-0.1, -0.05) is 13.8 Å². The van der Waals surface area contributed by atoms with Crippen LogP contribution in [0.5, 0.6) is 0 Å². The zero-order valence-electron chi connectivity index (χ0n) is 12.4. The standard InChI is InChI=1S/C14H22N4O3/c1-9(2)12(13(19)20)18-14-15-6-5-11(17-14)16-10-4-3-7-21-8-10/h5-6,9-10,12H,3-4,7-8H2,1-2H3,(H,19,20)(H2,15,16,17,18)/t10?,12-/m0/s1. The van der Waals surface area contributed by atoms with E-state index in [-0.39, 0.29) is 12.0 Å². The SMILES string of the molecule is CC(C)[C@H](Nc1nccc(NC2CCCOC2)n1)C(=O)O. The van der Waals surface area contributed by atoms with Crippen molar-refractivity contribution in [3.8, 4) is 0 Å². The smallest absolute Gasteiger partial charge is 0.326 e. The summed E-state index contributed by atoms with van der Waals surface area (Å²) >= 11 is 0. The summed E-state index contributed by atoms with van der Waals surface area (Å²) in [5.74, 6) is 0.0239. The number of rotatable bonds is 6. The monoisotopic (exact) mass is 294 g/mol. The highest BCUT2D eigenvalue weighted by Crippen LogP contribution is 2.15. The predicted molar refractivity (Wildman–Crippen MR) is 79.4 cm³/mol. The summed E-state index contributed by atoms with van der Waals surface area (Å²) in [6, 6.07) is 1.30. The third-order valence-electron chi connectivity index (χ3n) is 3.39. The second-order valence-electron chi connectivity index (χ2n) is 5.53. The number of aliphatic carboxylic acids is 1. The first-order valence-electron chi connectivity index (χ1n) is 7.23. The molecule has 7 nitrogen and oxygen atoms in total. The molecule has 0 spiro atoms. The molecule has 0 radical (unpaired) electrons. The van der Waals surface area contributed by atoms with E-state index < -0.39 is 12.0 Å². The first-order valence-corrected chi connectivity index (χ1v) is 7.23. The van der Waals surface area contributed by atoms with Crippen LogP contribution in [0.3, 0.4) is 0 Å². The van der Waals surface area contributed by atoms with Gasteiger partial charge in [-0.25, -0.2) is 9.78 Å². The fraction of sp³-hybridized carbons (Fsp3) is 0.643. The quantitative estimate of drug-likeness (QED) is 0.733.